The SMILES string of the molecule is CN=C(NCCc1ccc(Cl)nc1)NCC(c1ccc(C)cc1)N1CCCC1.I. The number of benzene rings is 1. The van der Waals surface area contributed by atoms with Gasteiger partial charge < -0.3 is 10.6 Å². The molecule has 5 nitrogen and oxygen atoms in total. The first-order valence-electron chi connectivity index (χ1n) is 10.0. The molecule has 2 N–H and O–H groups in total. The van der Waals surface area contributed by atoms with Crippen LogP contribution in [0, 0.1) is 6.92 Å². The first-order valence-corrected chi connectivity index (χ1v) is 10.4. The Kier molecular flexibility index (Phi) is 10.2. The summed E-state index contributed by atoms with van der Waals surface area (Å²) in [7, 11) is 1.82. The molecule has 3 rings (SSSR count). The Bertz CT molecular complexity index is 758. The highest BCUT2D eigenvalue weighted by Crippen LogP contribution is 2.24. The maximum Gasteiger partial charge on any atom is 0.191 e. The minimum Gasteiger partial charge on any atom is -0.356 e. The molecule has 1 aliphatic heterocycles. The van der Waals surface area contributed by atoms with Crippen LogP contribution in [0.15, 0.2) is 47.6 Å². The summed E-state index contributed by atoms with van der Waals surface area (Å²) in [6.07, 6.45) is 5.26. The third kappa shape index (κ3) is 7.42. The van der Waals surface area contributed by atoms with Gasteiger partial charge in [0.2, 0.25) is 0 Å². The molecule has 158 valence electrons. The fourth-order valence-electron chi connectivity index (χ4n) is 3.59. The lowest BCUT2D eigenvalue weighted by molar-refractivity contribution is 0.245. The van der Waals surface area contributed by atoms with Crippen molar-refractivity contribution in [1.82, 2.24) is 20.5 Å². The smallest absolute Gasteiger partial charge is 0.191 e. The van der Waals surface area contributed by atoms with Crippen LogP contribution in [0.3, 0.4) is 0 Å². The summed E-state index contributed by atoms with van der Waals surface area (Å²) in [5.74, 6) is 0.832. The van der Waals surface area contributed by atoms with E-state index in [0.717, 1.165) is 44.1 Å². The predicted octanol–water partition coefficient (Wildman–Crippen LogP) is 4.21. The molecular formula is C22H31ClIN5. The minimum atomic E-state index is 0. The quantitative estimate of drug-likeness (QED) is 0.245. The van der Waals surface area contributed by atoms with Crippen molar-refractivity contribution in [2.24, 2.45) is 4.99 Å². The average molecular weight is 528 g/mol. The van der Waals surface area contributed by atoms with Crippen LogP contribution in [0.25, 0.3) is 0 Å². The van der Waals surface area contributed by atoms with E-state index < -0.39 is 0 Å². The number of likely N-dealkylation sites (tertiary alicyclic amines) is 1. The van der Waals surface area contributed by atoms with Crippen LogP contribution in [0.2, 0.25) is 5.15 Å². The molecule has 0 aliphatic carbocycles. The zero-order valence-corrected chi connectivity index (χ0v) is 20.3. The van der Waals surface area contributed by atoms with Gasteiger partial charge in [-0.25, -0.2) is 4.98 Å². The van der Waals surface area contributed by atoms with Gasteiger partial charge in [-0.2, -0.15) is 0 Å². The first kappa shape index (κ1) is 23.9. The summed E-state index contributed by atoms with van der Waals surface area (Å²) in [5, 5.41) is 7.44. The Morgan fingerprint density at radius 1 is 1.14 bits per heavy atom. The Morgan fingerprint density at radius 2 is 1.86 bits per heavy atom. The molecule has 29 heavy (non-hydrogen) atoms. The lowest BCUT2D eigenvalue weighted by Crippen LogP contribution is -2.43. The second-order valence-electron chi connectivity index (χ2n) is 7.29. The molecule has 1 aromatic heterocycles. The van der Waals surface area contributed by atoms with Crippen molar-refractivity contribution in [1.29, 1.82) is 0 Å². The third-order valence-corrected chi connectivity index (χ3v) is 5.45. The molecular weight excluding hydrogens is 497 g/mol. The molecule has 7 heteroatoms. The maximum absolute atomic E-state index is 5.84. The third-order valence-electron chi connectivity index (χ3n) is 5.22. The van der Waals surface area contributed by atoms with E-state index in [4.69, 9.17) is 11.6 Å². The second kappa shape index (κ2) is 12.3. The summed E-state index contributed by atoms with van der Waals surface area (Å²) >= 11 is 5.84. The number of halogens is 2. The molecule has 1 saturated heterocycles. The molecule has 1 unspecified atom stereocenters. The lowest BCUT2D eigenvalue weighted by atomic mass is 10.0. The van der Waals surface area contributed by atoms with E-state index in [1.54, 1.807) is 0 Å². The Labute approximate surface area is 196 Å². The average Bonchev–Trinajstić information content (AvgIpc) is 3.24. The molecule has 0 spiro atoms. The van der Waals surface area contributed by atoms with E-state index in [0.29, 0.717) is 11.2 Å². The number of aromatic nitrogens is 1. The van der Waals surface area contributed by atoms with Crippen LogP contribution in [0.5, 0.6) is 0 Å². The van der Waals surface area contributed by atoms with E-state index >= 15 is 0 Å². The van der Waals surface area contributed by atoms with Gasteiger partial charge in [-0.3, -0.25) is 9.89 Å². The molecule has 1 atom stereocenters. The Balaban J connectivity index is 0.00000300. The highest BCUT2D eigenvalue weighted by Gasteiger charge is 2.23. The van der Waals surface area contributed by atoms with Crippen LogP contribution in [0.4, 0.5) is 0 Å². The van der Waals surface area contributed by atoms with E-state index in [-0.39, 0.29) is 24.0 Å². The lowest BCUT2D eigenvalue weighted by Gasteiger charge is -2.29. The Hall–Kier alpha value is -1.38. The van der Waals surface area contributed by atoms with Crippen molar-refractivity contribution in [3.63, 3.8) is 0 Å². The second-order valence-corrected chi connectivity index (χ2v) is 7.68. The molecule has 2 aromatic rings. The van der Waals surface area contributed by atoms with Gasteiger partial charge in [0.1, 0.15) is 5.15 Å². The van der Waals surface area contributed by atoms with Crippen LogP contribution < -0.4 is 10.6 Å². The maximum atomic E-state index is 5.84. The standard InChI is InChI=1S/C22H30ClN5.HI/c1-17-5-8-19(9-6-17)20(28-13-3-4-14-28)16-27-22(24-2)25-12-11-18-7-10-21(23)26-15-18;/h5-10,15,20H,3-4,11-14,16H2,1-2H3,(H2,24,25,27);1H. The molecule has 1 fully saturated rings. The minimum absolute atomic E-state index is 0. The van der Waals surface area contributed by atoms with Crippen LogP contribution in [-0.2, 0) is 6.42 Å². The first-order chi connectivity index (χ1) is 13.7. The molecule has 0 saturated carbocycles. The van der Waals surface area contributed by atoms with Gasteiger partial charge in [-0.1, -0.05) is 47.5 Å². The van der Waals surface area contributed by atoms with E-state index in [9.17, 15) is 0 Å². The number of nitrogens with zero attached hydrogens (tertiary/aromatic N) is 3. The number of guanidine groups is 1. The van der Waals surface area contributed by atoms with Gasteiger partial charge in [0, 0.05) is 26.3 Å². The van der Waals surface area contributed by atoms with Crippen molar-refractivity contribution in [3.05, 3.63) is 64.4 Å². The van der Waals surface area contributed by atoms with Crippen molar-refractivity contribution >= 4 is 41.5 Å². The highest BCUT2D eigenvalue weighted by atomic mass is 127. The van der Waals surface area contributed by atoms with Gasteiger partial charge in [-0.15, -0.1) is 24.0 Å². The number of aryl methyl sites for hydroxylation is 1. The van der Waals surface area contributed by atoms with Crippen molar-refractivity contribution in [3.8, 4) is 0 Å². The number of aliphatic imine (C=N–C) groups is 1. The zero-order chi connectivity index (χ0) is 19.8. The van der Waals surface area contributed by atoms with Gasteiger partial charge >= 0.3 is 0 Å². The summed E-state index contributed by atoms with van der Waals surface area (Å²) in [6, 6.07) is 13.1. The van der Waals surface area contributed by atoms with Crippen molar-refractivity contribution < 1.29 is 0 Å². The molecule has 1 aliphatic rings. The predicted molar refractivity (Wildman–Crippen MR) is 132 cm³/mol. The number of rotatable bonds is 7. The number of nitrogens with one attached hydrogen (secondary N) is 2. The number of pyridine rings is 1. The zero-order valence-electron chi connectivity index (χ0n) is 17.2. The van der Waals surface area contributed by atoms with Crippen molar-refractivity contribution in [2.45, 2.75) is 32.2 Å². The fourth-order valence-corrected chi connectivity index (χ4v) is 3.70. The van der Waals surface area contributed by atoms with E-state index in [2.05, 4.69) is 56.7 Å². The summed E-state index contributed by atoms with van der Waals surface area (Å²) in [5.41, 5.74) is 3.82. The van der Waals surface area contributed by atoms with Gasteiger partial charge in [0.05, 0.1) is 6.04 Å². The molecule has 1 aromatic carbocycles. The summed E-state index contributed by atoms with van der Waals surface area (Å²) < 4.78 is 0. The summed E-state index contributed by atoms with van der Waals surface area (Å²) in [4.78, 5) is 11.1. The molecule has 0 radical (unpaired) electrons. The van der Waals surface area contributed by atoms with Gasteiger partial charge in [-0.05, 0) is 56.5 Å². The van der Waals surface area contributed by atoms with E-state index in [1.165, 1.54) is 24.0 Å². The van der Waals surface area contributed by atoms with Crippen LogP contribution in [0.1, 0.15) is 35.6 Å². The van der Waals surface area contributed by atoms with Crippen LogP contribution >= 0.6 is 35.6 Å². The fraction of sp³-hybridized carbons (Fsp3) is 0.455. The van der Waals surface area contributed by atoms with Crippen LogP contribution in [-0.4, -0.2) is 49.1 Å². The monoisotopic (exact) mass is 527 g/mol. The molecule has 2 heterocycles. The normalized spacial score (nSPS) is 15.6. The molecule has 0 bridgehead atoms. The van der Waals surface area contributed by atoms with Crippen molar-refractivity contribution in [2.75, 3.05) is 33.2 Å². The van der Waals surface area contributed by atoms with Gasteiger partial charge in [0.15, 0.2) is 5.96 Å². The topological polar surface area (TPSA) is 52.6 Å². The van der Waals surface area contributed by atoms with Gasteiger partial charge in [0.25, 0.3) is 0 Å². The summed E-state index contributed by atoms with van der Waals surface area (Å²) in [6.45, 7) is 6.09. The van der Waals surface area contributed by atoms with E-state index in [1.807, 2.05) is 25.4 Å². The molecule has 0 amide bonds. The Morgan fingerprint density at radius 3 is 2.48 bits per heavy atom. The highest BCUT2D eigenvalue weighted by molar-refractivity contribution is 14.0. The number of hydrogen-bond donors (Lipinski definition) is 2. The largest absolute Gasteiger partial charge is 0.356 e. The number of hydrogen-bond acceptors (Lipinski definition) is 3.